The van der Waals surface area contributed by atoms with Gasteiger partial charge in [0.15, 0.2) is 0 Å². The Kier molecular flexibility index (Phi) is 2.48. The lowest BCUT2D eigenvalue weighted by molar-refractivity contribution is 0.436. The average molecular weight is 176 g/mol. The minimum atomic E-state index is 0.889. The van der Waals surface area contributed by atoms with Crippen LogP contribution in [-0.2, 0) is 0 Å². The molecule has 2 rings (SSSR count). The molecule has 0 N–H and O–H groups in total. The highest BCUT2D eigenvalue weighted by molar-refractivity contribution is 5.37. The zero-order valence-corrected chi connectivity index (χ0v) is 8.11. The lowest BCUT2D eigenvalue weighted by Gasteiger charge is -2.31. The van der Waals surface area contributed by atoms with Gasteiger partial charge in [0.2, 0.25) is 0 Å². The standard InChI is InChI=1S/C11H16N2/c1-10-5-8-13(9-6-10)11-4-2-3-7-12-11/h2-4,7,10H,5-6,8-9H2,1H3. The van der Waals surface area contributed by atoms with Gasteiger partial charge >= 0.3 is 0 Å². The number of anilines is 1. The molecule has 13 heavy (non-hydrogen) atoms. The van der Waals surface area contributed by atoms with E-state index in [2.05, 4.69) is 28.9 Å². The van der Waals surface area contributed by atoms with Crippen molar-refractivity contribution in [3.8, 4) is 0 Å². The lowest BCUT2D eigenvalue weighted by atomic mass is 9.99. The van der Waals surface area contributed by atoms with E-state index >= 15 is 0 Å². The topological polar surface area (TPSA) is 16.1 Å². The van der Waals surface area contributed by atoms with Gasteiger partial charge in [-0.2, -0.15) is 0 Å². The third-order valence-electron chi connectivity index (χ3n) is 2.76. The smallest absolute Gasteiger partial charge is 0.128 e. The van der Waals surface area contributed by atoms with Gasteiger partial charge in [0.25, 0.3) is 0 Å². The summed E-state index contributed by atoms with van der Waals surface area (Å²) >= 11 is 0. The first-order valence-corrected chi connectivity index (χ1v) is 5.02. The number of piperidine rings is 1. The summed E-state index contributed by atoms with van der Waals surface area (Å²) in [5.41, 5.74) is 0. The first-order valence-electron chi connectivity index (χ1n) is 5.02. The summed E-state index contributed by atoms with van der Waals surface area (Å²) in [4.78, 5) is 6.73. The lowest BCUT2D eigenvalue weighted by Crippen LogP contribution is -2.33. The van der Waals surface area contributed by atoms with E-state index in [0.29, 0.717) is 0 Å². The van der Waals surface area contributed by atoms with Gasteiger partial charge in [-0.1, -0.05) is 13.0 Å². The van der Waals surface area contributed by atoms with Crippen LogP contribution in [0.15, 0.2) is 24.4 Å². The maximum Gasteiger partial charge on any atom is 0.128 e. The van der Waals surface area contributed by atoms with Gasteiger partial charge in [-0.15, -0.1) is 0 Å². The first kappa shape index (κ1) is 8.54. The number of hydrogen-bond donors (Lipinski definition) is 0. The Morgan fingerprint density at radius 2 is 2.08 bits per heavy atom. The molecule has 0 aromatic carbocycles. The Hall–Kier alpha value is -1.05. The molecular weight excluding hydrogens is 160 g/mol. The quantitative estimate of drug-likeness (QED) is 0.652. The zero-order chi connectivity index (χ0) is 9.10. The predicted molar refractivity (Wildman–Crippen MR) is 54.8 cm³/mol. The molecule has 0 spiro atoms. The van der Waals surface area contributed by atoms with Gasteiger partial charge < -0.3 is 4.90 Å². The summed E-state index contributed by atoms with van der Waals surface area (Å²) in [5, 5.41) is 0. The summed E-state index contributed by atoms with van der Waals surface area (Å²) in [6.07, 6.45) is 4.47. The van der Waals surface area contributed by atoms with E-state index in [0.717, 1.165) is 24.8 Å². The van der Waals surface area contributed by atoms with Crippen molar-refractivity contribution < 1.29 is 0 Å². The minimum absolute atomic E-state index is 0.889. The first-order chi connectivity index (χ1) is 6.36. The van der Waals surface area contributed by atoms with Gasteiger partial charge in [0.1, 0.15) is 5.82 Å². The molecule has 1 saturated heterocycles. The molecule has 2 heteroatoms. The molecule has 1 aliphatic rings. The van der Waals surface area contributed by atoms with Crippen molar-refractivity contribution in [1.82, 2.24) is 4.98 Å². The van der Waals surface area contributed by atoms with E-state index < -0.39 is 0 Å². The summed E-state index contributed by atoms with van der Waals surface area (Å²) in [6, 6.07) is 6.12. The fraction of sp³-hybridized carbons (Fsp3) is 0.545. The van der Waals surface area contributed by atoms with E-state index in [1.807, 2.05) is 12.3 Å². The highest BCUT2D eigenvalue weighted by atomic mass is 15.2. The van der Waals surface area contributed by atoms with Crippen LogP contribution < -0.4 is 4.90 Å². The molecule has 0 atom stereocenters. The summed E-state index contributed by atoms with van der Waals surface area (Å²) in [5.74, 6) is 2.02. The Labute approximate surface area is 79.6 Å². The van der Waals surface area contributed by atoms with Crippen molar-refractivity contribution in [2.24, 2.45) is 5.92 Å². The number of aromatic nitrogens is 1. The second-order valence-electron chi connectivity index (χ2n) is 3.86. The van der Waals surface area contributed by atoms with E-state index in [1.165, 1.54) is 12.8 Å². The fourth-order valence-corrected chi connectivity index (χ4v) is 1.78. The second-order valence-corrected chi connectivity index (χ2v) is 3.86. The van der Waals surface area contributed by atoms with Crippen molar-refractivity contribution >= 4 is 5.82 Å². The highest BCUT2D eigenvalue weighted by Gasteiger charge is 2.15. The molecule has 0 amide bonds. The zero-order valence-electron chi connectivity index (χ0n) is 8.11. The van der Waals surface area contributed by atoms with Crippen LogP contribution in [0.1, 0.15) is 19.8 Å². The molecule has 0 saturated carbocycles. The van der Waals surface area contributed by atoms with Crippen molar-refractivity contribution in [2.75, 3.05) is 18.0 Å². The van der Waals surface area contributed by atoms with Gasteiger partial charge in [-0.3, -0.25) is 0 Å². The van der Waals surface area contributed by atoms with Crippen LogP contribution in [0.4, 0.5) is 5.82 Å². The van der Waals surface area contributed by atoms with Gasteiger partial charge in [0, 0.05) is 19.3 Å². The largest absolute Gasteiger partial charge is 0.357 e. The molecule has 1 aromatic rings. The van der Waals surface area contributed by atoms with Crippen LogP contribution in [0.2, 0.25) is 0 Å². The van der Waals surface area contributed by atoms with Crippen LogP contribution in [0.5, 0.6) is 0 Å². The number of nitrogens with zero attached hydrogens (tertiary/aromatic N) is 2. The normalized spacial score (nSPS) is 19.0. The van der Waals surface area contributed by atoms with Gasteiger partial charge in [-0.05, 0) is 30.9 Å². The molecule has 2 nitrogen and oxygen atoms in total. The Bertz CT molecular complexity index is 250. The van der Waals surface area contributed by atoms with Crippen molar-refractivity contribution in [2.45, 2.75) is 19.8 Å². The van der Waals surface area contributed by atoms with E-state index in [9.17, 15) is 0 Å². The van der Waals surface area contributed by atoms with Crippen LogP contribution in [0, 0.1) is 5.92 Å². The molecule has 0 aliphatic carbocycles. The highest BCUT2D eigenvalue weighted by Crippen LogP contribution is 2.20. The summed E-state index contributed by atoms with van der Waals surface area (Å²) in [6.45, 7) is 4.66. The summed E-state index contributed by atoms with van der Waals surface area (Å²) in [7, 11) is 0. The van der Waals surface area contributed by atoms with E-state index in [4.69, 9.17) is 0 Å². The Balaban J connectivity index is 2.03. The van der Waals surface area contributed by atoms with E-state index in [-0.39, 0.29) is 0 Å². The summed E-state index contributed by atoms with van der Waals surface area (Å²) < 4.78 is 0. The van der Waals surface area contributed by atoms with Gasteiger partial charge in [0.05, 0.1) is 0 Å². The molecular formula is C11H16N2. The maximum absolute atomic E-state index is 4.35. The Morgan fingerprint density at radius 1 is 1.31 bits per heavy atom. The SMILES string of the molecule is CC1CCN(c2ccccn2)CC1. The number of rotatable bonds is 1. The van der Waals surface area contributed by atoms with Crippen molar-refractivity contribution in [1.29, 1.82) is 0 Å². The van der Waals surface area contributed by atoms with Crippen LogP contribution in [0.25, 0.3) is 0 Å². The molecule has 0 bridgehead atoms. The Morgan fingerprint density at radius 3 is 2.69 bits per heavy atom. The van der Waals surface area contributed by atoms with Crippen LogP contribution in [-0.4, -0.2) is 18.1 Å². The molecule has 1 aromatic heterocycles. The number of pyridine rings is 1. The van der Waals surface area contributed by atoms with E-state index in [1.54, 1.807) is 0 Å². The predicted octanol–water partition coefficient (Wildman–Crippen LogP) is 2.32. The van der Waals surface area contributed by atoms with Crippen molar-refractivity contribution in [3.63, 3.8) is 0 Å². The molecule has 0 unspecified atom stereocenters. The third kappa shape index (κ3) is 2.00. The average Bonchev–Trinajstić information content (AvgIpc) is 2.20. The molecule has 0 radical (unpaired) electrons. The molecule has 70 valence electrons. The second kappa shape index (κ2) is 3.77. The number of hydrogen-bond acceptors (Lipinski definition) is 2. The molecule has 2 heterocycles. The van der Waals surface area contributed by atoms with Crippen LogP contribution >= 0.6 is 0 Å². The monoisotopic (exact) mass is 176 g/mol. The minimum Gasteiger partial charge on any atom is -0.357 e. The molecule has 1 aliphatic heterocycles. The maximum atomic E-state index is 4.35. The van der Waals surface area contributed by atoms with Crippen molar-refractivity contribution in [3.05, 3.63) is 24.4 Å². The van der Waals surface area contributed by atoms with Gasteiger partial charge in [-0.25, -0.2) is 4.98 Å². The van der Waals surface area contributed by atoms with Crippen LogP contribution in [0.3, 0.4) is 0 Å². The fourth-order valence-electron chi connectivity index (χ4n) is 1.78. The third-order valence-corrected chi connectivity index (χ3v) is 2.76. The molecule has 1 fully saturated rings.